The number of anilines is 1. The van der Waals surface area contributed by atoms with Crippen LogP contribution in [0.15, 0.2) is 18.2 Å². The van der Waals surface area contributed by atoms with Crippen LogP contribution >= 0.6 is 11.6 Å². The molecule has 1 unspecified atom stereocenters. The van der Waals surface area contributed by atoms with Crippen LogP contribution in [0.25, 0.3) is 0 Å². The first-order valence-electron chi connectivity index (χ1n) is 6.07. The molecule has 2 amide bonds. The maximum Gasteiger partial charge on any atom is 0.249 e. The number of amides is 2. The molecule has 1 aliphatic heterocycles. The summed E-state index contributed by atoms with van der Waals surface area (Å²) in [6.07, 6.45) is 0.551. The first kappa shape index (κ1) is 13.8. The van der Waals surface area contributed by atoms with E-state index in [2.05, 4.69) is 5.32 Å². The summed E-state index contributed by atoms with van der Waals surface area (Å²) in [5.41, 5.74) is 1.16. The predicted molar refractivity (Wildman–Crippen MR) is 71.9 cm³/mol. The van der Waals surface area contributed by atoms with Crippen LogP contribution in [0.1, 0.15) is 18.9 Å². The quantitative estimate of drug-likeness (QED) is 0.814. The van der Waals surface area contributed by atoms with Crippen LogP contribution in [0, 0.1) is 0 Å². The van der Waals surface area contributed by atoms with E-state index in [9.17, 15) is 14.7 Å². The van der Waals surface area contributed by atoms with Crippen LogP contribution in [0.4, 0.5) is 5.69 Å². The largest absolute Gasteiger partial charge is 0.392 e. The number of para-hydroxylation sites is 1. The monoisotopic (exact) mass is 282 g/mol. The van der Waals surface area contributed by atoms with Crippen molar-refractivity contribution in [2.45, 2.75) is 26.0 Å². The fourth-order valence-electron chi connectivity index (χ4n) is 2.32. The Balaban J connectivity index is 2.48. The van der Waals surface area contributed by atoms with Gasteiger partial charge in [-0.3, -0.25) is 14.9 Å². The number of carbonyl (C=O) groups excluding carboxylic acids is 2. The van der Waals surface area contributed by atoms with Crippen molar-refractivity contribution in [2.24, 2.45) is 0 Å². The lowest BCUT2D eigenvalue weighted by molar-refractivity contribution is -0.132. The first-order chi connectivity index (χ1) is 9.08. The SMILES string of the molecule is CCC1C(=O)NC(=O)CN1c1c(Cl)cccc1CO. The summed E-state index contributed by atoms with van der Waals surface area (Å²) in [5, 5.41) is 12.1. The van der Waals surface area contributed by atoms with Crippen LogP contribution in [-0.2, 0) is 16.2 Å². The van der Waals surface area contributed by atoms with E-state index >= 15 is 0 Å². The molecule has 1 atom stereocenters. The van der Waals surface area contributed by atoms with Crippen LogP contribution in [0.3, 0.4) is 0 Å². The molecule has 2 rings (SSSR count). The Bertz CT molecular complexity index is 519. The Morgan fingerprint density at radius 2 is 2.21 bits per heavy atom. The fraction of sp³-hybridized carbons (Fsp3) is 0.385. The Kier molecular flexibility index (Phi) is 4.07. The summed E-state index contributed by atoms with van der Waals surface area (Å²) in [5.74, 6) is -0.693. The van der Waals surface area contributed by atoms with Crippen molar-refractivity contribution >= 4 is 29.1 Å². The van der Waals surface area contributed by atoms with Crippen LogP contribution < -0.4 is 10.2 Å². The molecule has 1 fully saturated rings. The highest BCUT2D eigenvalue weighted by Gasteiger charge is 2.34. The number of nitrogens with zero attached hydrogens (tertiary/aromatic N) is 1. The molecule has 1 aromatic rings. The standard InChI is InChI=1S/C13H15ClN2O3/c1-2-10-13(19)15-11(18)6-16(10)12-8(7-17)4-3-5-9(12)14/h3-5,10,17H,2,6-7H2,1H3,(H,15,18,19). The molecule has 1 aromatic carbocycles. The number of benzene rings is 1. The maximum atomic E-state index is 11.9. The zero-order chi connectivity index (χ0) is 14.0. The molecule has 6 heteroatoms. The van der Waals surface area contributed by atoms with Gasteiger partial charge in [-0.15, -0.1) is 0 Å². The molecule has 0 bridgehead atoms. The van der Waals surface area contributed by atoms with Gasteiger partial charge in [-0.25, -0.2) is 0 Å². The van der Waals surface area contributed by atoms with Crippen molar-refractivity contribution in [1.82, 2.24) is 5.32 Å². The number of rotatable bonds is 3. The molecule has 1 aliphatic rings. The van der Waals surface area contributed by atoms with Gasteiger partial charge in [0.15, 0.2) is 0 Å². The lowest BCUT2D eigenvalue weighted by Gasteiger charge is -2.36. The normalized spacial score (nSPS) is 19.5. The average Bonchev–Trinajstić information content (AvgIpc) is 2.37. The van der Waals surface area contributed by atoms with Gasteiger partial charge < -0.3 is 10.0 Å². The van der Waals surface area contributed by atoms with Gasteiger partial charge in [0.2, 0.25) is 11.8 Å². The van der Waals surface area contributed by atoms with Gasteiger partial charge >= 0.3 is 0 Å². The van der Waals surface area contributed by atoms with Gasteiger partial charge in [-0.1, -0.05) is 30.7 Å². The third-order valence-electron chi connectivity index (χ3n) is 3.17. The van der Waals surface area contributed by atoms with Crippen LogP contribution in [0.5, 0.6) is 0 Å². The number of piperazine rings is 1. The fourth-order valence-corrected chi connectivity index (χ4v) is 2.62. The van der Waals surface area contributed by atoms with E-state index in [-0.39, 0.29) is 25.0 Å². The third-order valence-corrected chi connectivity index (χ3v) is 3.48. The number of aliphatic hydroxyl groups is 1. The van der Waals surface area contributed by atoms with Crippen molar-refractivity contribution in [3.8, 4) is 0 Å². The Morgan fingerprint density at radius 1 is 1.47 bits per heavy atom. The van der Waals surface area contributed by atoms with Crippen molar-refractivity contribution in [3.63, 3.8) is 0 Å². The smallest absolute Gasteiger partial charge is 0.249 e. The number of hydrogen-bond donors (Lipinski definition) is 2. The Morgan fingerprint density at radius 3 is 2.84 bits per heavy atom. The minimum atomic E-state index is -0.456. The lowest BCUT2D eigenvalue weighted by atomic mass is 10.1. The summed E-state index contributed by atoms with van der Waals surface area (Å²) < 4.78 is 0. The Labute approximate surface area is 116 Å². The van der Waals surface area contributed by atoms with E-state index in [4.69, 9.17) is 11.6 Å². The van der Waals surface area contributed by atoms with Gasteiger partial charge in [0.1, 0.15) is 6.04 Å². The number of imide groups is 1. The summed E-state index contributed by atoms with van der Waals surface area (Å²) >= 11 is 6.16. The third kappa shape index (κ3) is 2.57. The molecule has 1 saturated heterocycles. The first-order valence-corrected chi connectivity index (χ1v) is 6.44. The maximum absolute atomic E-state index is 11.9. The molecular weight excluding hydrogens is 268 g/mol. The second kappa shape index (κ2) is 5.59. The van der Waals surface area contributed by atoms with Gasteiger partial charge in [0.25, 0.3) is 0 Å². The second-order valence-electron chi connectivity index (χ2n) is 4.37. The number of hydrogen-bond acceptors (Lipinski definition) is 4. The molecule has 1 heterocycles. The summed E-state index contributed by atoms with van der Waals surface area (Å²) in [6, 6.07) is 4.68. The molecule has 0 radical (unpaired) electrons. The van der Waals surface area contributed by atoms with E-state index in [1.807, 2.05) is 6.92 Å². The molecule has 2 N–H and O–H groups in total. The minimum absolute atomic E-state index is 0.0565. The molecule has 5 nitrogen and oxygen atoms in total. The zero-order valence-corrected chi connectivity index (χ0v) is 11.3. The van der Waals surface area contributed by atoms with E-state index < -0.39 is 6.04 Å². The van der Waals surface area contributed by atoms with Crippen molar-refractivity contribution in [2.75, 3.05) is 11.4 Å². The molecule has 102 valence electrons. The number of nitrogens with one attached hydrogen (secondary N) is 1. The van der Waals surface area contributed by atoms with E-state index in [1.165, 1.54) is 0 Å². The number of aliphatic hydroxyl groups excluding tert-OH is 1. The number of carbonyl (C=O) groups is 2. The molecule has 0 spiro atoms. The van der Waals surface area contributed by atoms with Gasteiger partial charge in [0.05, 0.1) is 23.9 Å². The van der Waals surface area contributed by atoms with Crippen molar-refractivity contribution < 1.29 is 14.7 Å². The van der Waals surface area contributed by atoms with Gasteiger partial charge in [0, 0.05) is 5.56 Å². The zero-order valence-electron chi connectivity index (χ0n) is 10.5. The average molecular weight is 283 g/mol. The molecule has 0 aliphatic carbocycles. The van der Waals surface area contributed by atoms with Crippen LogP contribution in [-0.4, -0.2) is 29.5 Å². The van der Waals surface area contributed by atoms with E-state index in [1.54, 1.807) is 23.1 Å². The molecular formula is C13H15ClN2O3. The summed E-state index contributed by atoms with van der Waals surface area (Å²) in [7, 11) is 0. The number of halogens is 1. The van der Waals surface area contributed by atoms with Gasteiger partial charge in [-0.05, 0) is 12.5 Å². The molecule has 0 saturated carbocycles. The predicted octanol–water partition coefficient (Wildman–Crippen LogP) is 1.07. The Hall–Kier alpha value is -1.59. The second-order valence-corrected chi connectivity index (χ2v) is 4.78. The van der Waals surface area contributed by atoms with Crippen molar-refractivity contribution in [1.29, 1.82) is 0 Å². The summed E-state index contributed by atoms with van der Waals surface area (Å²) in [6.45, 7) is 1.72. The topological polar surface area (TPSA) is 69.6 Å². The van der Waals surface area contributed by atoms with Crippen LogP contribution in [0.2, 0.25) is 5.02 Å². The minimum Gasteiger partial charge on any atom is -0.392 e. The molecule has 0 aromatic heterocycles. The highest BCUT2D eigenvalue weighted by atomic mass is 35.5. The summed E-state index contributed by atoms with van der Waals surface area (Å²) in [4.78, 5) is 25.1. The van der Waals surface area contributed by atoms with E-state index in [0.717, 1.165) is 0 Å². The highest BCUT2D eigenvalue weighted by Crippen LogP contribution is 2.32. The highest BCUT2D eigenvalue weighted by molar-refractivity contribution is 6.33. The molecule has 19 heavy (non-hydrogen) atoms. The van der Waals surface area contributed by atoms with Crippen molar-refractivity contribution in [3.05, 3.63) is 28.8 Å². The lowest BCUT2D eigenvalue weighted by Crippen LogP contribution is -2.58. The van der Waals surface area contributed by atoms with Gasteiger partial charge in [-0.2, -0.15) is 0 Å². The van der Waals surface area contributed by atoms with E-state index in [0.29, 0.717) is 22.7 Å².